The molecule has 0 spiro atoms. The lowest BCUT2D eigenvalue weighted by atomic mass is 10.1. The van der Waals surface area contributed by atoms with Crippen molar-refractivity contribution in [3.8, 4) is 0 Å². The third kappa shape index (κ3) is 4.20. The summed E-state index contributed by atoms with van der Waals surface area (Å²) in [7, 11) is 0. The normalized spacial score (nSPS) is 17.1. The molecule has 0 aromatic carbocycles. The largest absolute Gasteiger partial charge is 0.389 e. The van der Waals surface area contributed by atoms with E-state index >= 15 is 0 Å². The van der Waals surface area contributed by atoms with Crippen LogP contribution in [-0.2, 0) is 0 Å². The summed E-state index contributed by atoms with van der Waals surface area (Å²) in [6.07, 6.45) is -2.41. The number of hydrogen-bond acceptors (Lipinski definition) is 2. The van der Waals surface area contributed by atoms with Crippen LogP contribution in [0.3, 0.4) is 0 Å². The van der Waals surface area contributed by atoms with Crippen LogP contribution in [0.4, 0.5) is 13.2 Å². The fraction of sp³-hybridized carbons (Fsp3) is 0.556. The minimum Gasteiger partial charge on any atom is -0.369 e. The van der Waals surface area contributed by atoms with E-state index < -0.39 is 12.6 Å². The van der Waals surface area contributed by atoms with Crippen LogP contribution in [0.5, 0.6) is 0 Å². The predicted molar refractivity (Wildman–Crippen MR) is 48.3 cm³/mol. The summed E-state index contributed by atoms with van der Waals surface area (Å²) < 4.78 is 35.5. The standard InChI is InChI=1S/C9H13F3N2/c1-7-13-6-4-8(14-7)3-2-5-9(10,11)12/h4,13-14H,1-3,5-6H2. The van der Waals surface area contributed by atoms with Gasteiger partial charge in [0.15, 0.2) is 0 Å². The Morgan fingerprint density at radius 1 is 1.43 bits per heavy atom. The van der Waals surface area contributed by atoms with E-state index in [1.807, 2.05) is 6.08 Å². The second-order valence-electron chi connectivity index (χ2n) is 3.18. The van der Waals surface area contributed by atoms with E-state index in [1.54, 1.807) is 0 Å². The van der Waals surface area contributed by atoms with Gasteiger partial charge in [-0.15, -0.1) is 0 Å². The summed E-state index contributed by atoms with van der Waals surface area (Å²) in [6.45, 7) is 4.27. The van der Waals surface area contributed by atoms with E-state index in [0.717, 1.165) is 5.70 Å². The van der Waals surface area contributed by atoms with Crippen LogP contribution in [0.15, 0.2) is 24.2 Å². The summed E-state index contributed by atoms with van der Waals surface area (Å²) >= 11 is 0. The second-order valence-corrected chi connectivity index (χ2v) is 3.18. The minimum absolute atomic E-state index is 0.121. The topological polar surface area (TPSA) is 24.1 Å². The van der Waals surface area contributed by atoms with Crippen molar-refractivity contribution < 1.29 is 13.2 Å². The smallest absolute Gasteiger partial charge is 0.369 e. The molecule has 0 radical (unpaired) electrons. The Hall–Kier alpha value is -1.13. The molecule has 0 aromatic heterocycles. The van der Waals surface area contributed by atoms with Crippen LogP contribution in [0.25, 0.3) is 0 Å². The van der Waals surface area contributed by atoms with E-state index in [9.17, 15) is 13.2 Å². The molecule has 0 atom stereocenters. The number of alkyl halides is 3. The van der Waals surface area contributed by atoms with Crippen molar-refractivity contribution in [2.45, 2.75) is 25.4 Å². The Morgan fingerprint density at radius 2 is 2.14 bits per heavy atom. The highest BCUT2D eigenvalue weighted by Gasteiger charge is 2.26. The minimum atomic E-state index is -4.05. The molecule has 14 heavy (non-hydrogen) atoms. The van der Waals surface area contributed by atoms with Crippen molar-refractivity contribution >= 4 is 0 Å². The summed E-state index contributed by atoms with van der Waals surface area (Å²) in [5.74, 6) is 0.648. The van der Waals surface area contributed by atoms with Crippen LogP contribution >= 0.6 is 0 Å². The predicted octanol–water partition coefficient (Wildman–Crippen LogP) is 2.27. The second kappa shape index (κ2) is 4.39. The SMILES string of the molecule is C=C1NCC=C(CCCC(F)(F)F)N1. The van der Waals surface area contributed by atoms with Crippen molar-refractivity contribution in [1.29, 1.82) is 0 Å². The summed E-state index contributed by atoms with van der Waals surface area (Å²) in [5, 5.41) is 5.81. The zero-order valence-electron chi connectivity index (χ0n) is 7.75. The van der Waals surface area contributed by atoms with Crippen molar-refractivity contribution in [3.63, 3.8) is 0 Å². The van der Waals surface area contributed by atoms with Gasteiger partial charge in [-0.25, -0.2) is 0 Å². The summed E-state index contributed by atoms with van der Waals surface area (Å²) in [5.41, 5.74) is 0.818. The maximum absolute atomic E-state index is 11.8. The molecule has 5 heteroatoms. The summed E-state index contributed by atoms with van der Waals surface area (Å²) in [4.78, 5) is 0. The first-order chi connectivity index (χ1) is 6.47. The van der Waals surface area contributed by atoms with Crippen molar-refractivity contribution in [2.24, 2.45) is 0 Å². The first-order valence-corrected chi connectivity index (χ1v) is 4.43. The number of nitrogens with one attached hydrogen (secondary N) is 2. The lowest BCUT2D eigenvalue weighted by Gasteiger charge is -2.19. The Morgan fingerprint density at radius 3 is 2.71 bits per heavy atom. The Kier molecular flexibility index (Phi) is 3.43. The maximum Gasteiger partial charge on any atom is 0.389 e. The van der Waals surface area contributed by atoms with Crippen molar-refractivity contribution in [1.82, 2.24) is 10.6 Å². The van der Waals surface area contributed by atoms with Gasteiger partial charge in [0.2, 0.25) is 0 Å². The fourth-order valence-electron chi connectivity index (χ4n) is 1.23. The van der Waals surface area contributed by atoms with Gasteiger partial charge in [-0.2, -0.15) is 13.2 Å². The molecule has 1 aliphatic heterocycles. The van der Waals surface area contributed by atoms with Crippen molar-refractivity contribution in [3.05, 3.63) is 24.2 Å². The zero-order valence-corrected chi connectivity index (χ0v) is 7.75. The molecule has 0 fully saturated rings. The highest BCUT2D eigenvalue weighted by Crippen LogP contribution is 2.23. The first-order valence-electron chi connectivity index (χ1n) is 4.43. The lowest BCUT2D eigenvalue weighted by Crippen LogP contribution is -2.30. The molecule has 2 nitrogen and oxygen atoms in total. The average Bonchev–Trinajstić information content (AvgIpc) is 2.01. The number of halogens is 3. The van der Waals surface area contributed by atoms with Crippen LogP contribution in [-0.4, -0.2) is 12.7 Å². The molecular weight excluding hydrogens is 193 g/mol. The fourth-order valence-corrected chi connectivity index (χ4v) is 1.23. The van der Waals surface area contributed by atoms with Crippen LogP contribution < -0.4 is 10.6 Å². The molecule has 1 heterocycles. The lowest BCUT2D eigenvalue weighted by molar-refractivity contribution is -0.135. The third-order valence-corrected chi connectivity index (χ3v) is 1.88. The Labute approximate surface area is 80.9 Å². The number of allylic oxidation sites excluding steroid dienone is 1. The van der Waals surface area contributed by atoms with E-state index in [0.29, 0.717) is 18.8 Å². The van der Waals surface area contributed by atoms with E-state index in [4.69, 9.17) is 0 Å². The van der Waals surface area contributed by atoms with Gasteiger partial charge in [-0.1, -0.05) is 6.58 Å². The Balaban J connectivity index is 2.25. The molecule has 0 saturated carbocycles. The molecule has 0 amide bonds. The van der Waals surface area contributed by atoms with Gasteiger partial charge in [0.25, 0.3) is 0 Å². The van der Waals surface area contributed by atoms with E-state index in [-0.39, 0.29) is 6.42 Å². The molecule has 0 bridgehead atoms. The van der Waals surface area contributed by atoms with Gasteiger partial charge in [-0.05, 0) is 18.9 Å². The van der Waals surface area contributed by atoms with E-state index in [2.05, 4.69) is 17.2 Å². The van der Waals surface area contributed by atoms with Gasteiger partial charge >= 0.3 is 6.18 Å². The molecule has 0 aliphatic carbocycles. The van der Waals surface area contributed by atoms with Gasteiger partial charge in [0, 0.05) is 18.7 Å². The monoisotopic (exact) mass is 206 g/mol. The highest BCUT2D eigenvalue weighted by atomic mass is 19.4. The highest BCUT2D eigenvalue weighted by molar-refractivity contribution is 5.13. The molecule has 2 N–H and O–H groups in total. The zero-order chi connectivity index (χ0) is 10.6. The van der Waals surface area contributed by atoms with E-state index in [1.165, 1.54) is 0 Å². The average molecular weight is 206 g/mol. The molecule has 1 aliphatic rings. The van der Waals surface area contributed by atoms with Gasteiger partial charge in [0.1, 0.15) is 0 Å². The van der Waals surface area contributed by atoms with Gasteiger partial charge in [0.05, 0.1) is 5.82 Å². The number of hydrogen-bond donors (Lipinski definition) is 2. The van der Waals surface area contributed by atoms with Gasteiger partial charge in [-0.3, -0.25) is 0 Å². The summed E-state index contributed by atoms with van der Waals surface area (Å²) in [6, 6.07) is 0. The van der Waals surface area contributed by atoms with Crippen LogP contribution in [0, 0.1) is 0 Å². The van der Waals surface area contributed by atoms with Crippen molar-refractivity contribution in [2.75, 3.05) is 6.54 Å². The molecule has 1 rings (SSSR count). The molecule has 80 valence electrons. The molecule has 0 saturated heterocycles. The number of rotatable bonds is 3. The maximum atomic E-state index is 11.8. The molecule has 0 aromatic rings. The third-order valence-electron chi connectivity index (χ3n) is 1.88. The van der Waals surface area contributed by atoms with Crippen LogP contribution in [0.2, 0.25) is 0 Å². The quantitative estimate of drug-likeness (QED) is 0.740. The molecule has 0 unspecified atom stereocenters. The Bertz CT molecular complexity index is 243. The van der Waals surface area contributed by atoms with Crippen LogP contribution in [0.1, 0.15) is 19.3 Å². The first kappa shape index (κ1) is 10.9. The van der Waals surface area contributed by atoms with Gasteiger partial charge < -0.3 is 10.6 Å². The molecular formula is C9H13F3N2.